The Morgan fingerprint density at radius 2 is 2.14 bits per heavy atom. The monoisotopic (exact) mass is 345 g/mol. The lowest BCUT2D eigenvalue weighted by atomic mass is 10.1. The summed E-state index contributed by atoms with van der Waals surface area (Å²) in [6.45, 7) is 2.37. The highest BCUT2D eigenvalue weighted by molar-refractivity contribution is 9.10. The molecule has 21 heavy (non-hydrogen) atoms. The van der Waals surface area contributed by atoms with Crippen molar-refractivity contribution < 1.29 is 4.92 Å². The van der Waals surface area contributed by atoms with Crippen molar-refractivity contribution in [3.63, 3.8) is 0 Å². The van der Waals surface area contributed by atoms with Gasteiger partial charge in [-0.05, 0) is 46.1 Å². The molecule has 0 bridgehead atoms. The van der Waals surface area contributed by atoms with Crippen molar-refractivity contribution in [2.45, 2.75) is 13.5 Å². The molecule has 2 rings (SSSR count). The number of nitrogens with one attached hydrogen (secondary N) is 1. The van der Waals surface area contributed by atoms with Gasteiger partial charge in [-0.25, -0.2) is 0 Å². The van der Waals surface area contributed by atoms with E-state index >= 15 is 0 Å². The third kappa shape index (κ3) is 3.38. The van der Waals surface area contributed by atoms with Crippen LogP contribution in [0.25, 0.3) is 0 Å². The Kier molecular flexibility index (Phi) is 4.55. The molecule has 0 saturated carbocycles. The molecule has 0 spiro atoms. The SMILES string of the molecule is Cc1ccc(C#N)cc1NCc1cccc([N+](=O)[O-])c1Br. The maximum absolute atomic E-state index is 10.9. The fourth-order valence-electron chi connectivity index (χ4n) is 1.92. The van der Waals surface area contributed by atoms with Gasteiger partial charge in [0.15, 0.2) is 0 Å². The Hall–Kier alpha value is -2.39. The average molecular weight is 346 g/mol. The van der Waals surface area contributed by atoms with Crippen molar-refractivity contribution in [3.05, 3.63) is 67.7 Å². The van der Waals surface area contributed by atoms with E-state index in [0.29, 0.717) is 16.6 Å². The number of nitriles is 1. The summed E-state index contributed by atoms with van der Waals surface area (Å²) in [6, 6.07) is 12.4. The number of nitrogens with zero attached hydrogens (tertiary/aromatic N) is 2. The molecule has 5 nitrogen and oxygen atoms in total. The zero-order valence-corrected chi connectivity index (χ0v) is 12.8. The van der Waals surface area contributed by atoms with Crippen LogP contribution in [0.4, 0.5) is 11.4 Å². The molecule has 0 atom stereocenters. The first-order valence-corrected chi connectivity index (χ1v) is 6.98. The summed E-state index contributed by atoms with van der Waals surface area (Å²) in [5, 5.41) is 23.0. The van der Waals surface area contributed by atoms with Gasteiger partial charge >= 0.3 is 0 Å². The van der Waals surface area contributed by atoms with Gasteiger partial charge in [-0.15, -0.1) is 0 Å². The fourth-order valence-corrected chi connectivity index (χ4v) is 2.47. The van der Waals surface area contributed by atoms with Gasteiger partial charge in [0.05, 0.1) is 16.6 Å². The first kappa shape index (κ1) is 15.0. The van der Waals surface area contributed by atoms with Crippen molar-refractivity contribution >= 4 is 27.3 Å². The summed E-state index contributed by atoms with van der Waals surface area (Å²) >= 11 is 3.27. The lowest BCUT2D eigenvalue weighted by Gasteiger charge is -2.11. The van der Waals surface area contributed by atoms with E-state index in [0.717, 1.165) is 16.8 Å². The topological polar surface area (TPSA) is 79.0 Å². The van der Waals surface area contributed by atoms with Gasteiger partial charge in [0, 0.05) is 18.3 Å². The molecule has 0 saturated heterocycles. The first-order valence-electron chi connectivity index (χ1n) is 6.19. The zero-order valence-electron chi connectivity index (χ0n) is 11.3. The minimum Gasteiger partial charge on any atom is -0.381 e. The van der Waals surface area contributed by atoms with Crippen LogP contribution in [-0.2, 0) is 6.54 Å². The van der Waals surface area contributed by atoms with E-state index in [-0.39, 0.29) is 5.69 Å². The van der Waals surface area contributed by atoms with Crippen LogP contribution in [0, 0.1) is 28.4 Å². The summed E-state index contributed by atoms with van der Waals surface area (Å²) in [5.41, 5.74) is 3.24. The molecule has 6 heteroatoms. The van der Waals surface area contributed by atoms with Crippen LogP contribution in [0.2, 0.25) is 0 Å². The largest absolute Gasteiger partial charge is 0.381 e. The average Bonchev–Trinajstić information content (AvgIpc) is 2.47. The van der Waals surface area contributed by atoms with Gasteiger partial charge in [0.2, 0.25) is 0 Å². The van der Waals surface area contributed by atoms with Crippen LogP contribution >= 0.6 is 15.9 Å². The standard InChI is InChI=1S/C15H12BrN3O2/c1-10-5-6-11(8-17)7-13(10)18-9-12-3-2-4-14(15(12)16)19(20)21/h2-7,18H,9H2,1H3. The second kappa shape index (κ2) is 6.37. The third-order valence-electron chi connectivity index (χ3n) is 3.09. The molecule has 0 aromatic heterocycles. The predicted octanol–water partition coefficient (Wildman–Crippen LogP) is 4.15. The molecule has 0 unspecified atom stereocenters. The Bertz CT molecular complexity index is 738. The van der Waals surface area contributed by atoms with Gasteiger partial charge in [0.1, 0.15) is 4.47 Å². The van der Waals surface area contributed by atoms with E-state index in [4.69, 9.17) is 5.26 Å². The van der Waals surface area contributed by atoms with Gasteiger partial charge < -0.3 is 5.32 Å². The molecule has 0 heterocycles. The van der Waals surface area contributed by atoms with Crippen LogP contribution in [0.5, 0.6) is 0 Å². The van der Waals surface area contributed by atoms with Crippen molar-refractivity contribution in [2.75, 3.05) is 5.32 Å². The molecule has 0 fully saturated rings. The maximum Gasteiger partial charge on any atom is 0.283 e. The van der Waals surface area contributed by atoms with E-state index < -0.39 is 4.92 Å². The van der Waals surface area contributed by atoms with Crippen LogP contribution < -0.4 is 5.32 Å². The van der Waals surface area contributed by atoms with E-state index in [1.807, 2.05) is 19.1 Å². The number of aryl methyl sites for hydroxylation is 1. The molecular formula is C15H12BrN3O2. The Balaban J connectivity index is 2.23. The second-order valence-electron chi connectivity index (χ2n) is 4.50. The fraction of sp³-hybridized carbons (Fsp3) is 0.133. The minimum atomic E-state index is -0.421. The lowest BCUT2D eigenvalue weighted by Crippen LogP contribution is -2.03. The quantitative estimate of drug-likeness (QED) is 0.666. The van der Waals surface area contributed by atoms with Crippen LogP contribution in [0.3, 0.4) is 0 Å². The molecule has 106 valence electrons. The van der Waals surface area contributed by atoms with Crippen molar-refractivity contribution in [2.24, 2.45) is 0 Å². The Morgan fingerprint density at radius 3 is 2.81 bits per heavy atom. The van der Waals surface area contributed by atoms with Gasteiger partial charge in [-0.2, -0.15) is 5.26 Å². The highest BCUT2D eigenvalue weighted by Crippen LogP contribution is 2.29. The van der Waals surface area contributed by atoms with Crippen LogP contribution in [0.15, 0.2) is 40.9 Å². The predicted molar refractivity (Wildman–Crippen MR) is 84.0 cm³/mol. The Labute approximate surface area is 130 Å². The van der Waals surface area contributed by atoms with E-state index in [9.17, 15) is 10.1 Å². The normalized spacial score (nSPS) is 9.95. The van der Waals surface area contributed by atoms with Crippen LogP contribution in [0.1, 0.15) is 16.7 Å². The van der Waals surface area contributed by atoms with Crippen molar-refractivity contribution in [3.8, 4) is 6.07 Å². The summed E-state index contributed by atoms with van der Waals surface area (Å²) in [4.78, 5) is 10.5. The first-order chi connectivity index (χ1) is 10.0. The minimum absolute atomic E-state index is 0.0387. The molecule has 1 N–H and O–H groups in total. The molecule has 0 aliphatic carbocycles. The number of anilines is 1. The molecule has 0 radical (unpaired) electrons. The smallest absolute Gasteiger partial charge is 0.283 e. The highest BCUT2D eigenvalue weighted by Gasteiger charge is 2.14. The van der Waals surface area contributed by atoms with E-state index in [2.05, 4.69) is 27.3 Å². The van der Waals surface area contributed by atoms with Gasteiger partial charge in [-0.1, -0.05) is 18.2 Å². The lowest BCUT2D eigenvalue weighted by molar-refractivity contribution is -0.385. The number of nitro benzene ring substituents is 1. The van der Waals surface area contributed by atoms with Gasteiger partial charge in [0.25, 0.3) is 5.69 Å². The molecule has 2 aromatic rings. The third-order valence-corrected chi connectivity index (χ3v) is 4.01. The van der Waals surface area contributed by atoms with Crippen molar-refractivity contribution in [1.29, 1.82) is 5.26 Å². The molecule has 2 aromatic carbocycles. The van der Waals surface area contributed by atoms with Crippen LogP contribution in [-0.4, -0.2) is 4.92 Å². The number of hydrogen-bond acceptors (Lipinski definition) is 4. The number of rotatable bonds is 4. The summed E-state index contributed by atoms with van der Waals surface area (Å²) in [5.74, 6) is 0. The number of benzene rings is 2. The van der Waals surface area contributed by atoms with Gasteiger partial charge in [-0.3, -0.25) is 10.1 Å². The van der Waals surface area contributed by atoms with E-state index in [1.165, 1.54) is 6.07 Å². The molecule has 0 aliphatic heterocycles. The summed E-state index contributed by atoms with van der Waals surface area (Å²) < 4.78 is 0.469. The van der Waals surface area contributed by atoms with Crippen molar-refractivity contribution in [1.82, 2.24) is 0 Å². The second-order valence-corrected chi connectivity index (χ2v) is 5.30. The zero-order chi connectivity index (χ0) is 15.4. The Morgan fingerprint density at radius 1 is 1.38 bits per heavy atom. The molecule has 0 amide bonds. The highest BCUT2D eigenvalue weighted by atomic mass is 79.9. The molecule has 0 aliphatic rings. The number of halogens is 1. The number of nitro groups is 1. The summed E-state index contributed by atoms with van der Waals surface area (Å²) in [6.07, 6.45) is 0. The van der Waals surface area contributed by atoms with E-state index in [1.54, 1.807) is 18.2 Å². The summed E-state index contributed by atoms with van der Waals surface area (Å²) in [7, 11) is 0. The molecular weight excluding hydrogens is 334 g/mol. The maximum atomic E-state index is 10.9. The number of hydrogen-bond donors (Lipinski definition) is 1.